The molecule has 1 aromatic heterocycles. The molecule has 1 unspecified atom stereocenters. The lowest BCUT2D eigenvalue weighted by Gasteiger charge is -2.26. The minimum Gasteiger partial charge on any atom is -0.337 e. The summed E-state index contributed by atoms with van der Waals surface area (Å²) in [7, 11) is -3.01. The van der Waals surface area contributed by atoms with E-state index >= 15 is 0 Å². The van der Waals surface area contributed by atoms with Crippen LogP contribution in [0.5, 0.6) is 0 Å². The molecule has 1 aromatic carbocycles. The van der Waals surface area contributed by atoms with Crippen molar-refractivity contribution in [2.75, 3.05) is 28.3 Å². The fraction of sp³-hybridized carbons (Fsp3) is 0.421. The molecule has 1 aliphatic heterocycles. The summed E-state index contributed by atoms with van der Waals surface area (Å²) in [5, 5.41) is 2.90. The van der Waals surface area contributed by atoms with E-state index in [-0.39, 0.29) is 29.1 Å². The number of benzene rings is 1. The van der Waals surface area contributed by atoms with Crippen LogP contribution in [-0.2, 0) is 16.3 Å². The van der Waals surface area contributed by atoms with E-state index in [4.69, 9.17) is 0 Å². The van der Waals surface area contributed by atoms with Gasteiger partial charge in [-0.05, 0) is 37.5 Å². The lowest BCUT2D eigenvalue weighted by atomic mass is 10.1. The molecule has 144 valence electrons. The standard InChI is InChI=1S/C19H24N4O3S/c1-3-14-7-5-6-8-16(14)21-18(24)17-9-11-20-19(22-17)23(4-2)15-10-12-27(25,26)13-15/h5-9,11,15H,3-4,10,12-13H2,1-2H3,(H,21,24). The summed E-state index contributed by atoms with van der Waals surface area (Å²) < 4.78 is 23.6. The van der Waals surface area contributed by atoms with E-state index < -0.39 is 9.84 Å². The molecule has 3 rings (SSSR count). The zero-order valence-electron chi connectivity index (χ0n) is 15.6. The number of hydrogen-bond acceptors (Lipinski definition) is 6. The molecule has 0 saturated carbocycles. The van der Waals surface area contributed by atoms with Crippen molar-refractivity contribution >= 4 is 27.4 Å². The van der Waals surface area contributed by atoms with Crippen LogP contribution in [-0.4, -0.2) is 48.4 Å². The van der Waals surface area contributed by atoms with Crippen molar-refractivity contribution in [1.29, 1.82) is 0 Å². The minimum atomic E-state index is -3.01. The fourth-order valence-electron chi connectivity index (χ4n) is 3.33. The second-order valence-corrected chi connectivity index (χ2v) is 8.78. The monoisotopic (exact) mass is 388 g/mol. The van der Waals surface area contributed by atoms with Crippen molar-refractivity contribution in [2.45, 2.75) is 32.7 Å². The highest BCUT2D eigenvalue weighted by Crippen LogP contribution is 2.22. The van der Waals surface area contributed by atoms with E-state index in [9.17, 15) is 13.2 Å². The van der Waals surface area contributed by atoms with E-state index in [2.05, 4.69) is 15.3 Å². The lowest BCUT2D eigenvalue weighted by Crippen LogP contribution is -2.37. The van der Waals surface area contributed by atoms with Crippen molar-refractivity contribution in [3.05, 3.63) is 47.8 Å². The molecule has 27 heavy (non-hydrogen) atoms. The SMILES string of the molecule is CCc1ccccc1NC(=O)c1ccnc(N(CC)C2CCS(=O)(=O)C2)n1. The maximum atomic E-state index is 12.7. The van der Waals surface area contributed by atoms with Crippen LogP contribution in [0.4, 0.5) is 11.6 Å². The molecule has 1 amide bonds. The van der Waals surface area contributed by atoms with E-state index in [1.165, 1.54) is 6.20 Å². The Morgan fingerprint density at radius 1 is 1.26 bits per heavy atom. The number of para-hydroxylation sites is 1. The largest absolute Gasteiger partial charge is 0.337 e. The van der Waals surface area contributed by atoms with Gasteiger partial charge in [-0.15, -0.1) is 0 Å². The van der Waals surface area contributed by atoms with E-state index in [0.717, 1.165) is 17.7 Å². The number of nitrogens with one attached hydrogen (secondary N) is 1. The van der Waals surface area contributed by atoms with Crippen molar-refractivity contribution in [2.24, 2.45) is 0 Å². The fourth-order valence-corrected chi connectivity index (χ4v) is 5.06. The molecule has 1 N–H and O–H groups in total. The van der Waals surface area contributed by atoms with Gasteiger partial charge in [0, 0.05) is 24.5 Å². The highest BCUT2D eigenvalue weighted by atomic mass is 32.2. The minimum absolute atomic E-state index is 0.102. The maximum Gasteiger partial charge on any atom is 0.274 e. The molecule has 1 atom stereocenters. The van der Waals surface area contributed by atoms with Crippen LogP contribution in [0, 0.1) is 0 Å². The van der Waals surface area contributed by atoms with Gasteiger partial charge in [0.2, 0.25) is 5.95 Å². The third kappa shape index (κ3) is 4.44. The second-order valence-electron chi connectivity index (χ2n) is 6.55. The first-order valence-electron chi connectivity index (χ1n) is 9.13. The topological polar surface area (TPSA) is 92.3 Å². The van der Waals surface area contributed by atoms with Gasteiger partial charge in [-0.3, -0.25) is 4.79 Å². The summed E-state index contributed by atoms with van der Waals surface area (Å²) in [5.41, 5.74) is 2.07. The highest BCUT2D eigenvalue weighted by molar-refractivity contribution is 7.91. The Bertz CT molecular complexity index is 930. The average molecular weight is 388 g/mol. The molecule has 0 spiro atoms. The summed E-state index contributed by atoms with van der Waals surface area (Å²) in [4.78, 5) is 23.2. The van der Waals surface area contributed by atoms with Crippen molar-refractivity contribution in [3.8, 4) is 0 Å². The molecule has 1 aliphatic rings. The van der Waals surface area contributed by atoms with Crippen LogP contribution < -0.4 is 10.2 Å². The van der Waals surface area contributed by atoms with Crippen LogP contribution in [0.25, 0.3) is 0 Å². The van der Waals surface area contributed by atoms with Gasteiger partial charge in [-0.1, -0.05) is 25.1 Å². The molecule has 0 aliphatic carbocycles. The predicted molar refractivity (Wildman–Crippen MR) is 106 cm³/mol. The van der Waals surface area contributed by atoms with Gasteiger partial charge >= 0.3 is 0 Å². The van der Waals surface area contributed by atoms with Crippen LogP contribution >= 0.6 is 0 Å². The summed E-state index contributed by atoms with van der Waals surface area (Å²) in [6.07, 6.45) is 2.90. The predicted octanol–water partition coefficient (Wildman–Crippen LogP) is 2.30. The van der Waals surface area contributed by atoms with E-state index in [1.54, 1.807) is 6.07 Å². The molecule has 0 bridgehead atoms. The van der Waals surface area contributed by atoms with Gasteiger partial charge in [0.05, 0.1) is 11.5 Å². The number of carbonyl (C=O) groups excluding carboxylic acids is 1. The van der Waals surface area contributed by atoms with Crippen LogP contribution in [0.2, 0.25) is 0 Å². The Morgan fingerprint density at radius 3 is 2.70 bits per heavy atom. The quantitative estimate of drug-likeness (QED) is 0.816. The molecule has 7 nitrogen and oxygen atoms in total. The molecule has 2 heterocycles. The van der Waals surface area contributed by atoms with E-state index in [0.29, 0.717) is 18.9 Å². The number of amides is 1. The van der Waals surface area contributed by atoms with Crippen LogP contribution in [0.1, 0.15) is 36.3 Å². The van der Waals surface area contributed by atoms with Crippen molar-refractivity contribution < 1.29 is 13.2 Å². The van der Waals surface area contributed by atoms with Gasteiger partial charge in [-0.2, -0.15) is 0 Å². The number of rotatable bonds is 6. The zero-order valence-corrected chi connectivity index (χ0v) is 16.4. The van der Waals surface area contributed by atoms with Crippen LogP contribution in [0.3, 0.4) is 0 Å². The van der Waals surface area contributed by atoms with Gasteiger partial charge in [0.15, 0.2) is 9.84 Å². The Balaban J connectivity index is 1.81. The lowest BCUT2D eigenvalue weighted by molar-refractivity contribution is 0.102. The molecular weight excluding hydrogens is 364 g/mol. The number of hydrogen-bond donors (Lipinski definition) is 1. The van der Waals surface area contributed by atoms with Crippen molar-refractivity contribution in [3.63, 3.8) is 0 Å². The summed E-state index contributed by atoms with van der Waals surface area (Å²) in [6, 6.07) is 9.05. The Kier molecular flexibility index (Phi) is 5.74. The first-order valence-corrected chi connectivity index (χ1v) is 10.9. The van der Waals surface area contributed by atoms with Crippen molar-refractivity contribution in [1.82, 2.24) is 9.97 Å². The molecule has 0 radical (unpaired) electrons. The van der Waals surface area contributed by atoms with Gasteiger partial charge in [0.1, 0.15) is 5.69 Å². The second kappa shape index (κ2) is 8.04. The first kappa shape index (κ1) is 19.3. The summed E-state index contributed by atoms with van der Waals surface area (Å²) >= 11 is 0. The maximum absolute atomic E-state index is 12.7. The zero-order chi connectivity index (χ0) is 19.4. The summed E-state index contributed by atoms with van der Waals surface area (Å²) in [5.74, 6) is 0.359. The third-order valence-electron chi connectivity index (χ3n) is 4.77. The van der Waals surface area contributed by atoms with E-state index in [1.807, 2.05) is 43.0 Å². The first-order chi connectivity index (χ1) is 12.9. The smallest absolute Gasteiger partial charge is 0.274 e. The number of nitrogens with zero attached hydrogens (tertiary/aromatic N) is 3. The molecular formula is C19H24N4O3S. The molecule has 1 saturated heterocycles. The van der Waals surface area contributed by atoms with Crippen LogP contribution in [0.15, 0.2) is 36.5 Å². The molecule has 2 aromatic rings. The Labute approximate surface area is 159 Å². The number of carbonyl (C=O) groups is 1. The normalized spacial score (nSPS) is 18.2. The molecule has 8 heteroatoms. The third-order valence-corrected chi connectivity index (χ3v) is 6.52. The molecule has 1 fully saturated rings. The number of aryl methyl sites for hydroxylation is 1. The Hall–Kier alpha value is -2.48. The summed E-state index contributed by atoms with van der Waals surface area (Å²) in [6.45, 7) is 4.53. The Morgan fingerprint density at radius 2 is 2.04 bits per heavy atom. The average Bonchev–Trinajstić information content (AvgIpc) is 3.02. The highest BCUT2D eigenvalue weighted by Gasteiger charge is 2.33. The van der Waals surface area contributed by atoms with Gasteiger partial charge in [-0.25, -0.2) is 18.4 Å². The van der Waals surface area contributed by atoms with Gasteiger partial charge in [0.25, 0.3) is 5.91 Å². The number of sulfone groups is 1. The number of aromatic nitrogens is 2. The van der Waals surface area contributed by atoms with Gasteiger partial charge < -0.3 is 10.2 Å². The number of anilines is 2.